The molecule has 1 aromatic carbocycles. The molecule has 0 saturated carbocycles. The van der Waals surface area contributed by atoms with E-state index in [0.29, 0.717) is 0 Å². The minimum atomic E-state index is 0. The Kier molecular flexibility index (Phi) is 12.3. The number of benzene rings is 1. The van der Waals surface area contributed by atoms with Gasteiger partial charge in [-0.1, -0.05) is 32.4 Å². The van der Waals surface area contributed by atoms with Gasteiger partial charge in [0.2, 0.25) is 0 Å². The van der Waals surface area contributed by atoms with Crippen LogP contribution >= 0.6 is 24.0 Å². The Hall–Kier alpha value is -1.84. The quantitative estimate of drug-likeness (QED) is 0.215. The van der Waals surface area contributed by atoms with E-state index in [-0.39, 0.29) is 24.0 Å². The van der Waals surface area contributed by atoms with Gasteiger partial charge in [-0.05, 0) is 30.5 Å². The molecule has 1 heterocycles. The highest BCUT2D eigenvalue weighted by atomic mass is 127. The SMILES string of the molecule is CCCCN=C(NCCc1ccc(OC)cc1)NCCn1cnnc1CC.I. The van der Waals surface area contributed by atoms with Crippen LogP contribution in [0.4, 0.5) is 0 Å². The van der Waals surface area contributed by atoms with Crippen molar-refractivity contribution >= 4 is 29.9 Å². The Balaban J connectivity index is 0.00000392. The zero-order valence-corrected chi connectivity index (χ0v) is 19.5. The van der Waals surface area contributed by atoms with Gasteiger partial charge >= 0.3 is 0 Å². The average Bonchev–Trinajstić information content (AvgIpc) is 3.16. The molecule has 0 atom stereocenters. The molecule has 0 unspecified atom stereocenters. The lowest BCUT2D eigenvalue weighted by atomic mass is 10.1. The number of aryl methyl sites for hydroxylation is 1. The number of nitrogens with one attached hydrogen (secondary N) is 2. The molecule has 0 aliphatic rings. The van der Waals surface area contributed by atoms with E-state index in [4.69, 9.17) is 4.74 Å². The van der Waals surface area contributed by atoms with Crippen molar-refractivity contribution in [3.8, 4) is 5.75 Å². The number of methoxy groups -OCH3 is 1. The number of guanidine groups is 1. The molecule has 2 N–H and O–H groups in total. The fraction of sp³-hybridized carbons (Fsp3) is 0.550. The molecule has 28 heavy (non-hydrogen) atoms. The second kappa shape index (κ2) is 14.2. The first-order valence-corrected chi connectivity index (χ1v) is 9.78. The first kappa shape index (κ1) is 24.2. The standard InChI is InChI=1S/C20H32N6O.HI/c1-4-6-12-21-20(23-14-15-26-16-24-25-19(26)5-2)22-13-11-17-7-9-18(27-3)10-8-17;/h7-10,16H,4-6,11-15H2,1-3H3,(H2,21,22,23);1H. The minimum Gasteiger partial charge on any atom is -0.497 e. The van der Waals surface area contributed by atoms with Crippen LogP contribution in [0.3, 0.4) is 0 Å². The Morgan fingerprint density at radius 2 is 1.89 bits per heavy atom. The molecule has 2 aromatic rings. The summed E-state index contributed by atoms with van der Waals surface area (Å²) in [7, 11) is 1.69. The van der Waals surface area contributed by atoms with E-state index in [1.165, 1.54) is 5.56 Å². The molecular formula is C20H33IN6O. The zero-order valence-electron chi connectivity index (χ0n) is 17.1. The molecule has 0 fully saturated rings. The van der Waals surface area contributed by atoms with Gasteiger partial charge in [0.25, 0.3) is 0 Å². The maximum Gasteiger partial charge on any atom is 0.191 e. The summed E-state index contributed by atoms with van der Waals surface area (Å²) in [6.07, 6.45) is 5.84. The molecule has 1 aromatic heterocycles. The summed E-state index contributed by atoms with van der Waals surface area (Å²) in [5.41, 5.74) is 1.27. The Bertz CT molecular complexity index is 686. The largest absolute Gasteiger partial charge is 0.497 e. The van der Waals surface area contributed by atoms with Crippen LogP contribution in [0.2, 0.25) is 0 Å². The molecule has 156 valence electrons. The number of aliphatic imine (C=N–C) groups is 1. The second-order valence-corrected chi connectivity index (χ2v) is 6.33. The van der Waals surface area contributed by atoms with Gasteiger partial charge in [-0.3, -0.25) is 4.99 Å². The minimum absolute atomic E-state index is 0. The van der Waals surface area contributed by atoms with E-state index >= 15 is 0 Å². The fourth-order valence-electron chi connectivity index (χ4n) is 2.67. The van der Waals surface area contributed by atoms with Crippen molar-refractivity contribution in [1.82, 2.24) is 25.4 Å². The average molecular weight is 500 g/mol. The first-order chi connectivity index (χ1) is 13.3. The predicted molar refractivity (Wildman–Crippen MR) is 125 cm³/mol. The van der Waals surface area contributed by atoms with Gasteiger partial charge in [0, 0.05) is 32.6 Å². The highest BCUT2D eigenvalue weighted by Gasteiger charge is 2.03. The van der Waals surface area contributed by atoms with Crippen LogP contribution in [0.25, 0.3) is 0 Å². The second-order valence-electron chi connectivity index (χ2n) is 6.33. The molecule has 0 amide bonds. The number of halogens is 1. The number of nitrogens with zero attached hydrogens (tertiary/aromatic N) is 4. The lowest BCUT2D eigenvalue weighted by molar-refractivity contribution is 0.414. The van der Waals surface area contributed by atoms with Gasteiger partial charge in [0.05, 0.1) is 7.11 Å². The summed E-state index contributed by atoms with van der Waals surface area (Å²) in [6, 6.07) is 8.18. The number of ether oxygens (including phenoxy) is 1. The molecular weight excluding hydrogens is 467 g/mol. The van der Waals surface area contributed by atoms with E-state index in [1.807, 2.05) is 12.1 Å². The van der Waals surface area contributed by atoms with Gasteiger partial charge in [-0.2, -0.15) is 0 Å². The highest BCUT2D eigenvalue weighted by molar-refractivity contribution is 14.0. The maximum absolute atomic E-state index is 5.20. The summed E-state index contributed by atoms with van der Waals surface area (Å²) in [5.74, 6) is 2.76. The summed E-state index contributed by atoms with van der Waals surface area (Å²) in [6.45, 7) is 7.54. The van der Waals surface area contributed by atoms with Crippen LogP contribution in [0.15, 0.2) is 35.6 Å². The topological polar surface area (TPSA) is 76.4 Å². The lowest BCUT2D eigenvalue weighted by Crippen LogP contribution is -2.40. The van der Waals surface area contributed by atoms with Crippen LogP contribution in [-0.4, -0.2) is 47.5 Å². The molecule has 7 nitrogen and oxygen atoms in total. The van der Waals surface area contributed by atoms with Crippen molar-refractivity contribution in [1.29, 1.82) is 0 Å². The van der Waals surface area contributed by atoms with Crippen LogP contribution in [0.5, 0.6) is 5.75 Å². The Morgan fingerprint density at radius 1 is 1.14 bits per heavy atom. The van der Waals surface area contributed by atoms with Crippen molar-refractivity contribution < 1.29 is 4.74 Å². The zero-order chi connectivity index (χ0) is 19.3. The summed E-state index contributed by atoms with van der Waals surface area (Å²) < 4.78 is 7.28. The predicted octanol–water partition coefficient (Wildman–Crippen LogP) is 3.05. The van der Waals surface area contributed by atoms with E-state index in [1.54, 1.807) is 13.4 Å². The van der Waals surface area contributed by atoms with Crippen molar-refractivity contribution in [2.45, 2.75) is 46.1 Å². The smallest absolute Gasteiger partial charge is 0.191 e. The van der Waals surface area contributed by atoms with Gasteiger partial charge in [0.15, 0.2) is 5.96 Å². The summed E-state index contributed by atoms with van der Waals surface area (Å²) in [4.78, 5) is 4.67. The first-order valence-electron chi connectivity index (χ1n) is 9.78. The number of rotatable bonds is 11. The third-order valence-corrected chi connectivity index (χ3v) is 4.30. The number of unbranched alkanes of at least 4 members (excludes halogenated alkanes) is 1. The Morgan fingerprint density at radius 3 is 2.57 bits per heavy atom. The lowest BCUT2D eigenvalue weighted by Gasteiger charge is -2.13. The van der Waals surface area contributed by atoms with Crippen molar-refractivity contribution in [2.75, 3.05) is 26.7 Å². The van der Waals surface area contributed by atoms with Gasteiger partial charge in [-0.25, -0.2) is 0 Å². The third-order valence-electron chi connectivity index (χ3n) is 4.30. The van der Waals surface area contributed by atoms with Crippen LogP contribution < -0.4 is 15.4 Å². The molecule has 0 aliphatic heterocycles. The van der Waals surface area contributed by atoms with Gasteiger partial charge in [-0.15, -0.1) is 34.2 Å². The highest BCUT2D eigenvalue weighted by Crippen LogP contribution is 2.11. The molecule has 2 rings (SSSR count). The normalized spacial score (nSPS) is 11.0. The van der Waals surface area contributed by atoms with Crippen molar-refractivity contribution in [2.24, 2.45) is 4.99 Å². The molecule has 0 aliphatic carbocycles. The van der Waals surface area contributed by atoms with Gasteiger partial charge in [0.1, 0.15) is 17.9 Å². The number of hydrogen-bond donors (Lipinski definition) is 2. The van der Waals surface area contributed by atoms with E-state index in [2.05, 4.69) is 56.4 Å². The van der Waals surface area contributed by atoms with Crippen LogP contribution in [-0.2, 0) is 19.4 Å². The monoisotopic (exact) mass is 500 g/mol. The molecule has 0 bridgehead atoms. The van der Waals surface area contributed by atoms with E-state index in [0.717, 1.165) is 69.4 Å². The molecule has 0 saturated heterocycles. The maximum atomic E-state index is 5.20. The Labute approximate surface area is 185 Å². The van der Waals surface area contributed by atoms with Crippen LogP contribution in [0, 0.1) is 0 Å². The summed E-state index contributed by atoms with van der Waals surface area (Å²) in [5, 5.41) is 14.9. The number of hydrogen-bond acceptors (Lipinski definition) is 4. The van der Waals surface area contributed by atoms with Crippen molar-refractivity contribution in [3.63, 3.8) is 0 Å². The molecule has 0 radical (unpaired) electrons. The molecule has 0 spiro atoms. The van der Waals surface area contributed by atoms with Crippen molar-refractivity contribution in [3.05, 3.63) is 42.0 Å². The summed E-state index contributed by atoms with van der Waals surface area (Å²) >= 11 is 0. The van der Waals surface area contributed by atoms with E-state index in [9.17, 15) is 0 Å². The number of aromatic nitrogens is 3. The third kappa shape index (κ3) is 8.45. The molecule has 8 heteroatoms. The fourth-order valence-corrected chi connectivity index (χ4v) is 2.67. The van der Waals surface area contributed by atoms with E-state index < -0.39 is 0 Å². The van der Waals surface area contributed by atoms with Crippen LogP contribution in [0.1, 0.15) is 38.1 Å². The van der Waals surface area contributed by atoms with Gasteiger partial charge < -0.3 is 19.9 Å².